The van der Waals surface area contributed by atoms with Gasteiger partial charge >= 0.3 is 0 Å². The maximum atomic E-state index is 13.7. The van der Waals surface area contributed by atoms with E-state index in [0.29, 0.717) is 30.8 Å². The predicted octanol–water partition coefficient (Wildman–Crippen LogP) is 2.93. The minimum atomic E-state index is -4.18. The third-order valence-corrected chi connectivity index (χ3v) is 4.60. The molecule has 0 amide bonds. The van der Waals surface area contributed by atoms with Crippen LogP contribution in [0.1, 0.15) is 6.42 Å². The average Bonchev–Trinajstić information content (AvgIpc) is 2.71. The first-order valence-electron chi connectivity index (χ1n) is 6.83. The monoisotopic (exact) mass is 341 g/mol. The number of halogens is 2. The second kappa shape index (κ2) is 6.04. The standard InChI is InChI=1S/C15H13F2NO4S/c16-10-2-5-15(12(17)8-10)23(19,20)18-11-3-4-13-14(9-11)22-7-1-6-21-13/h2-5,8-9,18H,1,6-7H2. The van der Waals surface area contributed by atoms with E-state index in [2.05, 4.69) is 4.72 Å². The summed E-state index contributed by atoms with van der Waals surface area (Å²) in [4.78, 5) is -0.633. The van der Waals surface area contributed by atoms with Crippen LogP contribution < -0.4 is 14.2 Å². The highest BCUT2D eigenvalue weighted by Gasteiger charge is 2.21. The molecule has 0 saturated carbocycles. The Labute approximate surface area is 131 Å². The average molecular weight is 341 g/mol. The molecule has 0 spiro atoms. The Morgan fingerprint density at radius 2 is 1.70 bits per heavy atom. The van der Waals surface area contributed by atoms with E-state index in [1.807, 2.05) is 0 Å². The maximum Gasteiger partial charge on any atom is 0.264 e. The van der Waals surface area contributed by atoms with Crippen molar-refractivity contribution in [1.82, 2.24) is 0 Å². The number of benzene rings is 2. The lowest BCUT2D eigenvalue weighted by Gasteiger charge is -2.12. The molecular weight excluding hydrogens is 328 g/mol. The van der Waals surface area contributed by atoms with Crippen LogP contribution in [-0.4, -0.2) is 21.6 Å². The molecule has 5 nitrogen and oxygen atoms in total. The zero-order valence-electron chi connectivity index (χ0n) is 11.9. The Morgan fingerprint density at radius 1 is 0.957 bits per heavy atom. The highest BCUT2D eigenvalue weighted by atomic mass is 32.2. The van der Waals surface area contributed by atoms with Gasteiger partial charge in [-0.1, -0.05) is 0 Å². The first-order chi connectivity index (χ1) is 11.0. The van der Waals surface area contributed by atoms with Crippen LogP contribution in [0.2, 0.25) is 0 Å². The topological polar surface area (TPSA) is 64.6 Å². The molecule has 0 aliphatic carbocycles. The Kier molecular flexibility index (Phi) is 4.08. The van der Waals surface area contributed by atoms with Crippen molar-refractivity contribution in [2.75, 3.05) is 17.9 Å². The van der Waals surface area contributed by atoms with E-state index < -0.39 is 26.6 Å². The van der Waals surface area contributed by atoms with Gasteiger partial charge < -0.3 is 9.47 Å². The van der Waals surface area contributed by atoms with Crippen LogP contribution in [-0.2, 0) is 10.0 Å². The van der Waals surface area contributed by atoms with Crippen LogP contribution in [0.4, 0.5) is 14.5 Å². The van der Waals surface area contributed by atoms with Gasteiger partial charge in [-0.3, -0.25) is 4.72 Å². The number of sulfonamides is 1. The number of rotatable bonds is 3. The molecule has 1 aliphatic heterocycles. The molecule has 2 aromatic carbocycles. The summed E-state index contributed by atoms with van der Waals surface area (Å²) in [5.74, 6) is -1.09. The molecule has 1 heterocycles. The van der Waals surface area contributed by atoms with Crippen LogP contribution in [0.15, 0.2) is 41.3 Å². The van der Waals surface area contributed by atoms with Gasteiger partial charge in [-0.15, -0.1) is 0 Å². The lowest BCUT2D eigenvalue weighted by Crippen LogP contribution is -2.14. The summed E-state index contributed by atoms with van der Waals surface area (Å²) in [6, 6.07) is 6.77. The summed E-state index contributed by atoms with van der Waals surface area (Å²) in [5, 5.41) is 0. The van der Waals surface area contributed by atoms with E-state index in [1.165, 1.54) is 12.1 Å². The highest BCUT2D eigenvalue weighted by Crippen LogP contribution is 2.33. The summed E-state index contributed by atoms with van der Waals surface area (Å²) >= 11 is 0. The summed E-state index contributed by atoms with van der Waals surface area (Å²) in [7, 11) is -4.18. The van der Waals surface area contributed by atoms with E-state index in [-0.39, 0.29) is 5.69 Å². The number of hydrogen-bond donors (Lipinski definition) is 1. The van der Waals surface area contributed by atoms with Crippen molar-refractivity contribution in [3.05, 3.63) is 48.0 Å². The van der Waals surface area contributed by atoms with Gasteiger partial charge in [0.25, 0.3) is 10.0 Å². The van der Waals surface area contributed by atoms with Crippen molar-refractivity contribution in [1.29, 1.82) is 0 Å². The molecule has 0 fully saturated rings. The second-order valence-corrected chi connectivity index (χ2v) is 6.54. The largest absolute Gasteiger partial charge is 0.490 e. The third-order valence-electron chi connectivity index (χ3n) is 3.18. The zero-order valence-corrected chi connectivity index (χ0v) is 12.7. The van der Waals surface area contributed by atoms with Gasteiger partial charge in [0.05, 0.1) is 18.9 Å². The lowest BCUT2D eigenvalue weighted by molar-refractivity contribution is 0.297. The minimum Gasteiger partial charge on any atom is -0.490 e. The number of ether oxygens (including phenoxy) is 2. The fourth-order valence-electron chi connectivity index (χ4n) is 2.13. The molecule has 2 aromatic rings. The van der Waals surface area contributed by atoms with Crippen LogP contribution in [0.3, 0.4) is 0 Å². The molecular formula is C15H13F2NO4S. The Morgan fingerprint density at radius 3 is 2.43 bits per heavy atom. The molecule has 0 radical (unpaired) electrons. The quantitative estimate of drug-likeness (QED) is 0.932. The van der Waals surface area contributed by atoms with Crippen LogP contribution >= 0.6 is 0 Å². The molecule has 1 aliphatic rings. The Balaban J connectivity index is 1.90. The summed E-state index contributed by atoms with van der Waals surface area (Å²) in [5.41, 5.74) is 0.193. The molecule has 122 valence electrons. The smallest absolute Gasteiger partial charge is 0.264 e. The van der Waals surface area contributed by atoms with Crippen molar-refractivity contribution in [3.8, 4) is 11.5 Å². The van der Waals surface area contributed by atoms with Gasteiger partial charge in [-0.2, -0.15) is 0 Å². The van der Waals surface area contributed by atoms with Gasteiger partial charge in [-0.05, 0) is 24.3 Å². The minimum absolute atomic E-state index is 0.193. The molecule has 3 rings (SSSR count). The van der Waals surface area contributed by atoms with Gasteiger partial charge in [-0.25, -0.2) is 17.2 Å². The van der Waals surface area contributed by atoms with Crippen LogP contribution in [0.5, 0.6) is 11.5 Å². The first-order valence-corrected chi connectivity index (χ1v) is 8.31. The number of fused-ring (bicyclic) bond motifs is 1. The van der Waals surface area contributed by atoms with Crippen molar-refractivity contribution in [2.45, 2.75) is 11.3 Å². The van der Waals surface area contributed by atoms with E-state index >= 15 is 0 Å². The normalized spacial score (nSPS) is 14.2. The van der Waals surface area contributed by atoms with Gasteiger partial charge in [0, 0.05) is 18.6 Å². The lowest BCUT2D eigenvalue weighted by atomic mass is 10.3. The maximum absolute atomic E-state index is 13.7. The van der Waals surface area contributed by atoms with E-state index in [1.54, 1.807) is 6.07 Å². The molecule has 0 bridgehead atoms. The summed E-state index contributed by atoms with van der Waals surface area (Å²) < 4.78 is 64.2. The summed E-state index contributed by atoms with van der Waals surface area (Å²) in [6.07, 6.45) is 0.719. The van der Waals surface area contributed by atoms with E-state index in [4.69, 9.17) is 9.47 Å². The van der Waals surface area contributed by atoms with E-state index in [9.17, 15) is 17.2 Å². The molecule has 1 N–H and O–H groups in total. The van der Waals surface area contributed by atoms with E-state index in [0.717, 1.165) is 18.6 Å². The molecule has 8 heteroatoms. The second-order valence-electron chi connectivity index (χ2n) is 4.89. The molecule has 0 aromatic heterocycles. The van der Waals surface area contributed by atoms with Gasteiger partial charge in [0.1, 0.15) is 16.5 Å². The van der Waals surface area contributed by atoms with Crippen molar-refractivity contribution in [3.63, 3.8) is 0 Å². The fraction of sp³-hybridized carbons (Fsp3) is 0.200. The Bertz CT molecular complexity index is 839. The molecule has 23 heavy (non-hydrogen) atoms. The van der Waals surface area contributed by atoms with Gasteiger partial charge in [0.15, 0.2) is 11.5 Å². The van der Waals surface area contributed by atoms with Gasteiger partial charge in [0.2, 0.25) is 0 Å². The van der Waals surface area contributed by atoms with Crippen LogP contribution in [0.25, 0.3) is 0 Å². The summed E-state index contributed by atoms with van der Waals surface area (Å²) in [6.45, 7) is 0.967. The van der Waals surface area contributed by atoms with Crippen molar-refractivity contribution < 1.29 is 26.7 Å². The first kappa shape index (κ1) is 15.5. The molecule has 0 unspecified atom stereocenters. The highest BCUT2D eigenvalue weighted by molar-refractivity contribution is 7.92. The fourth-order valence-corrected chi connectivity index (χ4v) is 3.24. The number of nitrogens with one attached hydrogen (secondary N) is 1. The SMILES string of the molecule is O=S(=O)(Nc1ccc2c(c1)OCCCO2)c1ccc(F)cc1F. The predicted molar refractivity (Wildman–Crippen MR) is 79.2 cm³/mol. The molecule has 0 atom stereocenters. The molecule has 0 saturated heterocycles. The third kappa shape index (κ3) is 3.37. The Hall–Kier alpha value is -2.35. The van der Waals surface area contributed by atoms with Crippen molar-refractivity contribution >= 4 is 15.7 Å². The number of hydrogen-bond acceptors (Lipinski definition) is 4. The van der Waals surface area contributed by atoms with Crippen LogP contribution in [0, 0.1) is 11.6 Å². The number of anilines is 1. The van der Waals surface area contributed by atoms with Crippen molar-refractivity contribution in [2.24, 2.45) is 0 Å². The zero-order chi connectivity index (χ0) is 16.4.